The SMILES string of the molecule is CCCC(O)c1cc(OCC2CCCCC2)co1. The summed E-state index contributed by atoms with van der Waals surface area (Å²) >= 11 is 0. The molecule has 0 spiro atoms. The van der Waals surface area contributed by atoms with Crippen molar-refractivity contribution in [2.24, 2.45) is 5.92 Å². The predicted octanol–water partition coefficient (Wildman–Crippen LogP) is 4.07. The average Bonchev–Trinajstić information content (AvgIpc) is 2.87. The molecule has 1 aromatic heterocycles. The van der Waals surface area contributed by atoms with Crippen LogP contribution in [0.1, 0.15) is 63.7 Å². The molecule has 1 unspecified atom stereocenters. The molecule has 0 aliphatic heterocycles. The number of aliphatic hydroxyl groups is 1. The topological polar surface area (TPSA) is 42.6 Å². The minimum absolute atomic E-state index is 0.498. The molecular formula is C15H24O3. The number of furan rings is 1. The Morgan fingerprint density at radius 2 is 2.17 bits per heavy atom. The third kappa shape index (κ3) is 3.77. The van der Waals surface area contributed by atoms with Crippen molar-refractivity contribution in [3.63, 3.8) is 0 Å². The molecule has 1 N–H and O–H groups in total. The van der Waals surface area contributed by atoms with Gasteiger partial charge in [0.15, 0.2) is 5.75 Å². The lowest BCUT2D eigenvalue weighted by Crippen LogP contribution is -2.14. The first-order chi connectivity index (χ1) is 8.79. The second kappa shape index (κ2) is 6.83. The summed E-state index contributed by atoms with van der Waals surface area (Å²) in [7, 11) is 0. The van der Waals surface area contributed by atoms with Gasteiger partial charge in [0, 0.05) is 6.07 Å². The Hall–Kier alpha value is -0.960. The number of rotatable bonds is 6. The van der Waals surface area contributed by atoms with Crippen molar-refractivity contribution in [2.45, 2.75) is 58.0 Å². The molecule has 0 bridgehead atoms. The molecule has 0 saturated heterocycles. The van der Waals surface area contributed by atoms with E-state index in [1.807, 2.05) is 13.0 Å². The zero-order chi connectivity index (χ0) is 12.8. The van der Waals surface area contributed by atoms with E-state index in [0.29, 0.717) is 11.7 Å². The number of aliphatic hydroxyl groups excluding tert-OH is 1. The summed E-state index contributed by atoms with van der Waals surface area (Å²) in [6.45, 7) is 2.83. The van der Waals surface area contributed by atoms with Crippen molar-refractivity contribution in [3.05, 3.63) is 18.1 Å². The standard InChI is InChI=1S/C15H24O3/c1-2-6-14(16)15-9-13(11-18-15)17-10-12-7-4-3-5-8-12/h9,11-12,14,16H,2-8,10H2,1H3. The molecule has 1 atom stereocenters. The van der Waals surface area contributed by atoms with E-state index in [0.717, 1.165) is 25.2 Å². The summed E-state index contributed by atoms with van der Waals surface area (Å²) < 4.78 is 11.1. The lowest BCUT2D eigenvalue weighted by atomic mass is 9.90. The summed E-state index contributed by atoms with van der Waals surface area (Å²) in [4.78, 5) is 0. The van der Waals surface area contributed by atoms with Crippen molar-refractivity contribution >= 4 is 0 Å². The maximum atomic E-state index is 9.80. The predicted molar refractivity (Wildman–Crippen MR) is 70.6 cm³/mol. The van der Waals surface area contributed by atoms with Gasteiger partial charge in [0.1, 0.15) is 18.1 Å². The Bertz CT molecular complexity index is 339. The van der Waals surface area contributed by atoms with E-state index in [1.54, 1.807) is 6.26 Å². The second-order valence-electron chi connectivity index (χ2n) is 5.30. The van der Waals surface area contributed by atoms with Crippen LogP contribution >= 0.6 is 0 Å². The molecule has 1 aliphatic carbocycles. The molecule has 2 rings (SSSR count). The zero-order valence-corrected chi connectivity index (χ0v) is 11.2. The normalized spacial score (nSPS) is 18.8. The first-order valence-electron chi connectivity index (χ1n) is 7.19. The summed E-state index contributed by atoms with van der Waals surface area (Å²) in [6, 6.07) is 1.82. The maximum absolute atomic E-state index is 9.80. The zero-order valence-electron chi connectivity index (χ0n) is 11.2. The Morgan fingerprint density at radius 3 is 2.89 bits per heavy atom. The van der Waals surface area contributed by atoms with Gasteiger partial charge in [0.25, 0.3) is 0 Å². The van der Waals surface area contributed by atoms with Crippen molar-refractivity contribution in [2.75, 3.05) is 6.61 Å². The largest absolute Gasteiger partial charge is 0.490 e. The fraction of sp³-hybridized carbons (Fsp3) is 0.733. The fourth-order valence-electron chi connectivity index (χ4n) is 2.57. The molecule has 3 heteroatoms. The molecular weight excluding hydrogens is 228 g/mol. The Labute approximate surface area is 109 Å². The van der Waals surface area contributed by atoms with Gasteiger partial charge in [0.05, 0.1) is 6.61 Å². The lowest BCUT2D eigenvalue weighted by Gasteiger charge is -2.21. The molecule has 0 radical (unpaired) electrons. The molecule has 1 aromatic rings. The van der Waals surface area contributed by atoms with Gasteiger partial charge in [-0.25, -0.2) is 0 Å². The highest BCUT2D eigenvalue weighted by atomic mass is 16.5. The van der Waals surface area contributed by atoms with Gasteiger partial charge >= 0.3 is 0 Å². The highest BCUT2D eigenvalue weighted by Crippen LogP contribution is 2.27. The van der Waals surface area contributed by atoms with Crippen LogP contribution in [0.15, 0.2) is 16.7 Å². The molecule has 1 heterocycles. The molecule has 18 heavy (non-hydrogen) atoms. The van der Waals surface area contributed by atoms with Crippen molar-refractivity contribution in [3.8, 4) is 5.75 Å². The van der Waals surface area contributed by atoms with Crippen LogP contribution in [-0.2, 0) is 0 Å². The number of hydrogen-bond acceptors (Lipinski definition) is 3. The van der Waals surface area contributed by atoms with Gasteiger partial charge in [0.2, 0.25) is 0 Å². The molecule has 0 aromatic carbocycles. The van der Waals surface area contributed by atoms with Gasteiger partial charge in [-0.2, -0.15) is 0 Å². The molecule has 1 fully saturated rings. The minimum Gasteiger partial charge on any atom is -0.490 e. The van der Waals surface area contributed by atoms with Crippen LogP contribution in [0.25, 0.3) is 0 Å². The van der Waals surface area contributed by atoms with Gasteiger partial charge in [-0.15, -0.1) is 0 Å². The molecule has 102 valence electrons. The lowest BCUT2D eigenvalue weighted by molar-refractivity contribution is 0.139. The quantitative estimate of drug-likeness (QED) is 0.829. The van der Waals surface area contributed by atoms with Crippen LogP contribution < -0.4 is 4.74 Å². The third-order valence-electron chi connectivity index (χ3n) is 3.70. The van der Waals surface area contributed by atoms with Gasteiger partial charge in [-0.3, -0.25) is 0 Å². The van der Waals surface area contributed by atoms with Crippen LogP contribution in [0.4, 0.5) is 0 Å². The van der Waals surface area contributed by atoms with E-state index < -0.39 is 6.10 Å². The van der Waals surface area contributed by atoms with E-state index in [-0.39, 0.29) is 0 Å². The number of ether oxygens (including phenoxy) is 1. The van der Waals surface area contributed by atoms with E-state index in [1.165, 1.54) is 32.1 Å². The highest BCUT2D eigenvalue weighted by molar-refractivity contribution is 5.20. The Kier molecular flexibility index (Phi) is 5.12. The third-order valence-corrected chi connectivity index (χ3v) is 3.70. The average molecular weight is 252 g/mol. The molecule has 1 saturated carbocycles. The molecule has 0 amide bonds. The second-order valence-corrected chi connectivity index (χ2v) is 5.30. The molecule has 3 nitrogen and oxygen atoms in total. The van der Waals surface area contributed by atoms with Crippen LogP contribution in [0.5, 0.6) is 5.75 Å². The highest BCUT2D eigenvalue weighted by Gasteiger charge is 2.16. The fourth-order valence-corrected chi connectivity index (χ4v) is 2.57. The molecule has 1 aliphatic rings. The Balaban J connectivity index is 1.79. The van der Waals surface area contributed by atoms with Crippen LogP contribution in [0.3, 0.4) is 0 Å². The van der Waals surface area contributed by atoms with E-state index in [4.69, 9.17) is 9.15 Å². The van der Waals surface area contributed by atoms with Crippen molar-refractivity contribution in [1.29, 1.82) is 0 Å². The Morgan fingerprint density at radius 1 is 1.39 bits per heavy atom. The van der Waals surface area contributed by atoms with E-state index >= 15 is 0 Å². The monoisotopic (exact) mass is 252 g/mol. The van der Waals surface area contributed by atoms with Gasteiger partial charge < -0.3 is 14.3 Å². The first kappa shape index (κ1) is 13.5. The summed E-state index contributed by atoms with van der Waals surface area (Å²) in [6.07, 6.45) is 9.39. The summed E-state index contributed by atoms with van der Waals surface area (Å²) in [5.41, 5.74) is 0. The van der Waals surface area contributed by atoms with Crippen LogP contribution in [0, 0.1) is 5.92 Å². The summed E-state index contributed by atoms with van der Waals surface area (Å²) in [5, 5.41) is 9.80. The van der Waals surface area contributed by atoms with Crippen molar-refractivity contribution in [1.82, 2.24) is 0 Å². The van der Waals surface area contributed by atoms with E-state index in [2.05, 4.69) is 0 Å². The maximum Gasteiger partial charge on any atom is 0.157 e. The minimum atomic E-state index is -0.498. The van der Waals surface area contributed by atoms with Crippen molar-refractivity contribution < 1.29 is 14.3 Å². The van der Waals surface area contributed by atoms with Crippen LogP contribution in [0.2, 0.25) is 0 Å². The van der Waals surface area contributed by atoms with Crippen LogP contribution in [-0.4, -0.2) is 11.7 Å². The smallest absolute Gasteiger partial charge is 0.157 e. The first-order valence-corrected chi connectivity index (χ1v) is 7.19. The van der Waals surface area contributed by atoms with E-state index in [9.17, 15) is 5.11 Å². The number of hydrogen-bond donors (Lipinski definition) is 1. The summed E-state index contributed by atoms with van der Waals surface area (Å²) in [5.74, 6) is 2.07. The van der Waals surface area contributed by atoms with Gasteiger partial charge in [-0.05, 0) is 25.2 Å². The van der Waals surface area contributed by atoms with Gasteiger partial charge in [-0.1, -0.05) is 32.6 Å².